The Morgan fingerprint density at radius 2 is 1.26 bits per heavy atom. The first-order valence-electron chi connectivity index (χ1n) is 4.68. The van der Waals surface area contributed by atoms with Gasteiger partial charge >= 0.3 is 101 Å². The Kier molecular flexibility index (Phi) is 15.6. The van der Waals surface area contributed by atoms with Crippen LogP contribution < -0.4 is 90.7 Å². The molecule has 11 nitrogen and oxygen atoms in total. The van der Waals surface area contributed by atoms with Crippen molar-refractivity contribution in [2.24, 2.45) is 0 Å². The Morgan fingerprint density at radius 3 is 1.39 bits per heavy atom. The third-order valence-corrected chi connectivity index (χ3v) is 3.25. The smallest absolute Gasteiger partial charge is 0.789 e. The third-order valence-electron chi connectivity index (χ3n) is 1.59. The molecule has 1 rings (SSSR count). The van der Waals surface area contributed by atoms with Gasteiger partial charge in [0.1, 0.15) is 0 Å². The van der Waals surface area contributed by atoms with E-state index in [-0.39, 0.29) is 92.1 Å². The van der Waals surface area contributed by atoms with Crippen LogP contribution in [0, 0.1) is 0 Å². The SMILES string of the molecule is O=C(O)c1ccccc1C(=O)O.O=P([O-])([O-])OP(=O)(O)O.[K+].[Na+]. The van der Waals surface area contributed by atoms with Gasteiger partial charge in [0.25, 0.3) is 0 Å². The summed E-state index contributed by atoms with van der Waals surface area (Å²) in [5.41, 5.74) is -0.380. The molecular weight excluding hydrogens is 396 g/mol. The molecule has 0 aliphatic heterocycles. The van der Waals surface area contributed by atoms with E-state index in [0.29, 0.717) is 0 Å². The number of aromatic carboxylic acids is 2. The number of phosphoric acid groups is 2. The average Bonchev–Trinajstić information content (AvgIpc) is 2.24. The molecule has 0 unspecified atom stereocenters. The zero-order chi connectivity index (χ0) is 16.8. The van der Waals surface area contributed by atoms with Crippen molar-refractivity contribution in [3.05, 3.63) is 35.4 Å². The van der Waals surface area contributed by atoms with Crippen molar-refractivity contribution >= 4 is 27.6 Å². The van der Waals surface area contributed by atoms with Crippen LogP contribution in [0.3, 0.4) is 0 Å². The van der Waals surface area contributed by atoms with Crippen molar-refractivity contribution in [2.75, 3.05) is 0 Å². The fourth-order valence-corrected chi connectivity index (χ4v) is 2.03. The molecule has 0 spiro atoms. The molecule has 15 heteroatoms. The van der Waals surface area contributed by atoms with Crippen LogP contribution in [-0.2, 0) is 13.4 Å². The predicted octanol–water partition coefficient (Wildman–Crippen LogP) is -6.98. The van der Waals surface area contributed by atoms with E-state index < -0.39 is 27.6 Å². The molecule has 0 aliphatic carbocycles. The molecule has 0 atom stereocenters. The zero-order valence-electron chi connectivity index (χ0n) is 11.9. The van der Waals surface area contributed by atoms with Crippen LogP contribution in [0.2, 0.25) is 0 Å². The van der Waals surface area contributed by atoms with Crippen LogP contribution in [0.4, 0.5) is 0 Å². The van der Waals surface area contributed by atoms with E-state index in [1.54, 1.807) is 0 Å². The Morgan fingerprint density at radius 1 is 0.957 bits per heavy atom. The molecule has 0 saturated carbocycles. The van der Waals surface area contributed by atoms with Gasteiger partial charge in [0.15, 0.2) is 0 Å². The molecule has 0 aliphatic rings. The molecule has 0 aromatic heterocycles. The van der Waals surface area contributed by atoms with Gasteiger partial charge in [-0.15, -0.1) is 0 Å². The van der Waals surface area contributed by atoms with Crippen LogP contribution in [0.1, 0.15) is 20.7 Å². The molecule has 0 fully saturated rings. The molecular formula is C8H8KNaO11P2. The zero-order valence-corrected chi connectivity index (χ0v) is 18.8. The summed E-state index contributed by atoms with van der Waals surface area (Å²) in [4.78, 5) is 55.1. The van der Waals surface area contributed by atoms with Gasteiger partial charge in [-0.3, -0.25) is 4.31 Å². The maximum absolute atomic E-state index is 10.5. The summed E-state index contributed by atoms with van der Waals surface area (Å²) < 4.78 is 21.7. The van der Waals surface area contributed by atoms with Gasteiger partial charge in [0.05, 0.1) is 18.9 Å². The number of carboxylic acid groups (broad SMARTS) is 2. The number of carbonyl (C=O) groups is 2. The van der Waals surface area contributed by atoms with Gasteiger partial charge in [0, 0.05) is 0 Å². The van der Waals surface area contributed by atoms with Crippen molar-refractivity contribution in [1.82, 2.24) is 0 Å². The first-order valence-corrected chi connectivity index (χ1v) is 7.67. The second kappa shape index (κ2) is 12.4. The van der Waals surface area contributed by atoms with Crippen LogP contribution in [0.25, 0.3) is 0 Å². The van der Waals surface area contributed by atoms with Gasteiger partial charge in [-0.1, -0.05) is 12.1 Å². The van der Waals surface area contributed by atoms with E-state index >= 15 is 0 Å². The normalized spacial score (nSPS) is 10.3. The number of rotatable bonds is 4. The maximum Gasteiger partial charge on any atom is 1.00 e. The minimum Gasteiger partial charge on any atom is -0.789 e. The van der Waals surface area contributed by atoms with E-state index in [9.17, 15) is 28.5 Å². The fourth-order valence-electron chi connectivity index (χ4n) is 0.986. The number of hydrogen-bond acceptors (Lipinski definition) is 7. The summed E-state index contributed by atoms with van der Waals surface area (Å²) in [6, 6.07) is 5.48. The summed E-state index contributed by atoms with van der Waals surface area (Å²) in [6.45, 7) is 0. The molecule has 1 aromatic carbocycles. The summed E-state index contributed by atoms with van der Waals surface area (Å²) in [5.74, 6) is -2.46. The van der Waals surface area contributed by atoms with Crippen LogP contribution in [-0.4, -0.2) is 31.9 Å². The Hall–Kier alpha value is 1.06. The summed E-state index contributed by atoms with van der Waals surface area (Å²) in [7, 11) is -10.7. The second-order valence-electron chi connectivity index (χ2n) is 3.18. The van der Waals surface area contributed by atoms with Crippen molar-refractivity contribution in [1.29, 1.82) is 0 Å². The maximum atomic E-state index is 10.5. The van der Waals surface area contributed by atoms with Crippen LogP contribution in [0.5, 0.6) is 0 Å². The Balaban J connectivity index is -0.000000332. The number of carboxylic acids is 2. The van der Waals surface area contributed by atoms with E-state index in [0.717, 1.165) is 0 Å². The largest absolute Gasteiger partial charge is 1.00 e. The molecule has 118 valence electrons. The minimum absolute atomic E-state index is 0. The van der Waals surface area contributed by atoms with E-state index in [1.165, 1.54) is 24.3 Å². The molecule has 0 saturated heterocycles. The van der Waals surface area contributed by atoms with Gasteiger partial charge in [-0.25, -0.2) is 14.2 Å². The van der Waals surface area contributed by atoms with Crippen molar-refractivity contribution in [2.45, 2.75) is 0 Å². The second-order valence-corrected chi connectivity index (χ2v) is 5.70. The van der Waals surface area contributed by atoms with Crippen molar-refractivity contribution in [3.8, 4) is 0 Å². The van der Waals surface area contributed by atoms with E-state index in [2.05, 4.69) is 4.31 Å². The summed E-state index contributed by atoms with van der Waals surface area (Å²) in [5, 5.41) is 17.1. The molecule has 0 radical (unpaired) electrons. The van der Waals surface area contributed by atoms with Crippen molar-refractivity contribution < 1.29 is 134 Å². The molecule has 0 heterocycles. The summed E-state index contributed by atoms with van der Waals surface area (Å²) >= 11 is 0. The molecule has 1 aromatic rings. The first kappa shape index (κ1) is 28.8. The van der Waals surface area contributed by atoms with Gasteiger partial charge < -0.3 is 34.4 Å². The summed E-state index contributed by atoms with van der Waals surface area (Å²) in [6.07, 6.45) is 0. The molecule has 23 heavy (non-hydrogen) atoms. The quantitative estimate of drug-likeness (QED) is 0.274. The number of hydrogen-bond donors (Lipinski definition) is 4. The number of benzene rings is 1. The average molecular weight is 404 g/mol. The Labute approximate surface area is 194 Å². The third kappa shape index (κ3) is 15.1. The minimum atomic E-state index is -5.55. The molecule has 0 amide bonds. The van der Waals surface area contributed by atoms with E-state index in [4.69, 9.17) is 20.0 Å². The first-order chi connectivity index (χ1) is 9.33. The molecule has 4 N–H and O–H groups in total. The van der Waals surface area contributed by atoms with Crippen LogP contribution in [0.15, 0.2) is 24.3 Å². The standard InChI is InChI=1S/C8H6O4.K.Na.H4O7P2/c9-7(10)5-3-1-2-4-6(5)8(11)12;;;1-8(2,3)7-9(4,5)6/h1-4H,(H,9,10)(H,11,12);;;(H2,1,2,3)(H2,4,5,6)/q;2*+1;/p-2. The van der Waals surface area contributed by atoms with Gasteiger partial charge in [-0.2, -0.15) is 0 Å². The van der Waals surface area contributed by atoms with Crippen LogP contribution >= 0.6 is 15.6 Å². The Bertz CT molecular complexity index is 571. The topological polar surface area (TPSA) is 205 Å². The van der Waals surface area contributed by atoms with Gasteiger partial charge in [0.2, 0.25) is 0 Å². The van der Waals surface area contributed by atoms with Crippen molar-refractivity contribution in [3.63, 3.8) is 0 Å². The predicted molar refractivity (Wildman–Crippen MR) is 61.1 cm³/mol. The van der Waals surface area contributed by atoms with E-state index in [1.807, 2.05) is 0 Å². The van der Waals surface area contributed by atoms with Gasteiger partial charge in [-0.05, 0) is 12.1 Å². The molecule has 0 bridgehead atoms. The monoisotopic (exact) mass is 404 g/mol. The fraction of sp³-hybridized carbons (Fsp3) is 0.